The highest BCUT2D eigenvalue weighted by molar-refractivity contribution is 5.91. The van der Waals surface area contributed by atoms with Gasteiger partial charge in [0.25, 0.3) is 0 Å². The van der Waals surface area contributed by atoms with Crippen molar-refractivity contribution in [1.82, 2.24) is 25.1 Å². The molecule has 2 aromatic rings. The molecule has 2 amide bonds. The molecule has 7 heteroatoms. The fourth-order valence-electron chi connectivity index (χ4n) is 3.79. The third-order valence-electron chi connectivity index (χ3n) is 5.62. The zero-order valence-electron chi connectivity index (χ0n) is 17.5. The summed E-state index contributed by atoms with van der Waals surface area (Å²) in [5.41, 5.74) is 1.00. The van der Waals surface area contributed by atoms with Crippen LogP contribution in [0.5, 0.6) is 0 Å². The van der Waals surface area contributed by atoms with E-state index in [4.69, 9.17) is 0 Å². The molecule has 2 atom stereocenters. The number of likely N-dealkylation sites (N-methyl/N-ethyl adjacent to an activating group) is 1. The number of imidazole rings is 1. The molecule has 1 fully saturated rings. The highest BCUT2D eigenvalue weighted by Crippen LogP contribution is 2.24. The first-order valence-electron chi connectivity index (χ1n) is 10.6. The van der Waals surface area contributed by atoms with Crippen molar-refractivity contribution in [2.24, 2.45) is 0 Å². The van der Waals surface area contributed by atoms with E-state index in [0.717, 1.165) is 31.4 Å². The van der Waals surface area contributed by atoms with E-state index in [2.05, 4.69) is 20.5 Å². The van der Waals surface area contributed by atoms with E-state index in [1.165, 1.54) is 0 Å². The van der Waals surface area contributed by atoms with E-state index in [9.17, 15) is 9.59 Å². The Labute approximate surface area is 178 Å². The highest BCUT2D eigenvalue weighted by Gasteiger charge is 2.31. The minimum absolute atomic E-state index is 0.0907. The Morgan fingerprint density at radius 2 is 1.97 bits per heavy atom. The average Bonchev–Trinajstić information content (AvgIpc) is 3.39. The van der Waals surface area contributed by atoms with E-state index in [1.807, 2.05) is 54.2 Å². The van der Waals surface area contributed by atoms with Crippen LogP contribution in [0.25, 0.3) is 6.08 Å². The molecule has 0 saturated carbocycles. The van der Waals surface area contributed by atoms with E-state index in [1.54, 1.807) is 18.6 Å². The summed E-state index contributed by atoms with van der Waals surface area (Å²) in [5.74, 6) is -0.000649. The second-order valence-electron chi connectivity index (χ2n) is 7.75. The molecular weight excluding hydrogens is 378 g/mol. The van der Waals surface area contributed by atoms with Crippen molar-refractivity contribution >= 4 is 17.9 Å². The third-order valence-corrected chi connectivity index (χ3v) is 5.62. The van der Waals surface area contributed by atoms with Crippen LogP contribution < -0.4 is 10.6 Å². The molecule has 0 unspecified atom stereocenters. The topological polar surface area (TPSA) is 79.3 Å². The second-order valence-corrected chi connectivity index (χ2v) is 7.75. The number of nitrogens with one attached hydrogen (secondary N) is 2. The molecule has 2 N–H and O–H groups in total. The van der Waals surface area contributed by atoms with Gasteiger partial charge in [0.1, 0.15) is 0 Å². The molecule has 1 aromatic carbocycles. The predicted molar refractivity (Wildman–Crippen MR) is 118 cm³/mol. The lowest BCUT2D eigenvalue weighted by atomic mass is 10.1. The molecule has 0 aliphatic carbocycles. The van der Waals surface area contributed by atoms with Crippen LogP contribution >= 0.6 is 0 Å². The average molecular weight is 410 g/mol. The van der Waals surface area contributed by atoms with Crippen LogP contribution in [0, 0.1) is 0 Å². The summed E-state index contributed by atoms with van der Waals surface area (Å²) in [5, 5.41) is 5.99. The van der Waals surface area contributed by atoms with E-state index in [0.29, 0.717) is 19.5 Å². The lowest BCUT2D eigenvalue weighted by Gasteiger charge is -2.25. The van der Waals surface area contributed by atoms with Crippen LogP contribution in [0.2, 0.25) is 0 Å². The van der Waals surface area contributed by atoms with Gasteiger partial charge in [-0.3, -0.25) is 14.5 Å². The number of hydrogen-bond acceptors (Lipinski definition) is 4. The molecular formula is C23H31N5O2. The molecule has 0 spiro atoms. The number of carbonyl (C=O) groups is 2. The van der Waals surface area contributed by atoms with Crippen molar-refractivity contribution in [2.75, 3.05) is 20.1 Å². The Morgan fingerprint density at radius 1 is 1.17 bits per heavy atom. The number of hydrogen-bond donors (Lipinski definition) is 2. The van der Waals surface area contributed by atoms with Gasteiger partial charge in [0.2, 0.25) is 11.8 Å². The monoisotopic (exact) mass is 409 g/mol. The Balaban J connectivity index is 1.32. The fourth-order valence-corrected chi connectivity index (χ4v) is 3.79. The van der Waals surface area contributed by atoms with Crippen molar-refractivity contribution in [3.63, 3.8) is 0 Å². The van der Waals surface area contributed by atoms with Crippen LogP contribution in [0.1, 0.15) is 31.2 Å². The zero-order valence-corrected chi connectivity index (χ0v) is 17.5. The normalized spacial score (nSPS) is 19.2. The van der Waals surface area contributed by atoms with Crippen LogP contribution in [0.4, 0.5) is 0 Å². The number of likely N-dealkylation sites (tertiary alicyclic amines) is 1. The fraction of sp³-hybridized carbons (Fsp3) is 0.435. The van der Waals surface area contributed by atoms with Gasteiger partial charge in [0.05, 0.1) is 6.33 Å². The van der Waals surface area contributed by atoms with Gasteiger partial charge in [-0.15, -0.1) is 0 Å². The largest absolute Gasteiger partial charge is 0.356 e. The van der Waals surface area contributed by atoms with Crippen LogP contribution in [0.15, 0.2) is 55.1 Å². The minimum atomic E-state index is -0.0914. The summed E-state index contributed by atoms with van der Waals surface area (Å²) < 4.78 is 2.00. The summed E-state index contributed by atoms with van der Waals surface area (Å²) in [6.45, 7) is 2.11. The lowest BCUT2D eigenvalue weighted by Crippen LogP contribution is -2.42. The molecule has 1 aliphatic heterocycles. The first-order valence-corrected chi connectivity index (χ1v) is 10.6. The van der Waals surface area contributed by atoms with E-state index < -0.39 is 0 Å². The highest BCUT2D eigenvalue weighted by atomic mass is 16.2. The molecule has 7 nitrogen and oxygen atoms in total. The van der Waals surface area contributed by atoms with Crippen molar-refractivity contribution in [3.8, 4) is 0 Å². The standard InChI is InChI=1S/C23H31N5O2/c1-27-20(16-23(30)25-12-5-14-28-15-13-24-18-28)9-10-21(27)17-26-22(29)11-8-19-6-3-2-4-7-19/h2-4,6-8,11,13,15,18,20-21H,5,9-10,12,14,16-17H2,1H3,(H,25,30)(H,26,29)/b11-8+/t20-,21+/m1/s1. The van der Waals surface area contributed by atoms with E-state index >= 15 is 0 Å². The maximum absolute atomic E-state index is 12.3. The number of amides is 2. The summed E-state index contributed by atoms with van der Waals surface area (Å²) in [7, 11) is 2.04. The maximum atomic E-state index is 12.3. The molecule has 1 saturated heterocycles. The number of nitrogens with zero attached hydrogens (tertiary/aromatic N) is 3. The van der Waals surface area contributed by atoms with Crippen LogP contribution in [-0.2, 0) is 16.1 Å². The summed E-state index contributed by atoms with van der Waals surface area (Å²) in [6, 6.07) is 10.2. The van der Waals surface area contributed by atoms with Gasteiger partial charge in [-0.25, -0.2) is 4.98 Å². The summed E-state index contributed by atoms with van der Waals surface area (Å²) >= 11 is 0. The zero-order chi connectivity index (χ0) is 21.2. The van der Waals surface area contributed by atoms with Crippen LogP contribution in [-0.4, -0.2) is 58.5 Å². The third kappa shape index (κ3) is 6.84. The van der Waals surface area contributed by atoms with Crippen molar-refractivity contribution in [3.05, 3.63) is 60.7 Å². The van der Waals surface area contributed by atoms with Gasteiger partial charge >= 0.3 is 0 Å². The maximum Gasteiger partial charge on any atom is 0.244 e. The number of benzene rings is 1. The molecule has 1 aromatic heterocycles. The predicted octanol–water partition coefficient (Wildman–Crippen LogP) is 2.07. The lowest BCUT2D eigenvalue weighted by molar-refractivity contribution is -0.122. The van der Waals surface area contributed by atoms with Crippen molar-refractivity contribution in [1.29, 1.82) is 0 Å². The smallest absolute Gasteiger partial charge is 0.244 e. The molecule has 0 bridgehead atoms. The molecule has 30 heavy (non-hydrogen) atoms. The number of aromatic nitrogens is 2. The first kappa shape index (κ1) is 21.8. The number of carbonyl (C=O) groups excluding carboxylic acids is 2. The van der Waals surface area contributed by atoms with Gasteiger partial charge in [-0.2, -0.15) is 0 Å². The van der Waals surface area contributed by atoms with Gasteiger partial charge in [-0.05, 0) is 37.9 Å². The quantitative estimate of drug-likeness (QED) is 0.465. The molecule has 0 radical (unpaired) electrons. The molecule has 160 valence electrons. The summed E-state index contributed by atoms with van der Waals surface area (Å²) in [4.78, 5) is 30.6. The minimum Gasteiger partial charge on any atom is -0.356 e. The molecule has 2 heterocycles. The van der Waals surface area contributed by atoms with Crippen molar-refractivity contribution in [2.45, 2.75) is 44.3 Å². The van der Waals surface area contributed by atoms with Crippen LogP contribution in [0.3, 0.4) is 0 Å². The molecule has 3 rings (SSSR count). The van der Waals surface area contributed by atoms with Gasteiger partial charge in [-0.1, -0.05) is 30.3 Å². The Kier molecular flexibility index (Phi) is 8.20. The summed E-state index contributed by atoms with van der Waals surface area (Å²) in [6.07, 6.45) is 12.2. The van der Waals surface area contributed by atoms with E-state index in [-0.39, 0.29) is 23.9 Å². The molecule has 1 aliphatic rings. The van der Waals surface area contributed by atoms with Crippen molar-refractivity contribution < 1.29 is 9.59 Å². The Bertz CT molecular complexity index is 819. The second kappa shape index (κ2) is 11.3. The Hall–Kier alpha value is -2.93. The van der Waals surface area contributed by atoms with Gasteiger partial charge in [0, 0.05) is 56.6 Å². The number of rotatable bonds is 10. The van der Waals surface area contributed by atoms with Gasteiger partial charge in [0.15, 0.2) is 0 Å². The first-order chi connectivity index (χ1) is 14.6. The SMILES string of the molecule is CN1[C@@H](CC(=O)NCCCn2ccnc2)CC[C@H]1CNC(=O)/C=C/c1ccccc1. The Morgan fingerprint density at radius 3 is 2.73 bits per heavy atom. The van der Waals surface area contributed by atoms with Gasteiger partial charge < -0.3 is 15.2 Å². The number of aryl methyl sites for hydroxylation is 1.